The number of alkyl halides is 3. The third-order valence-electron chi connectivity index (χ3n) is 2.49. The van der Waals surface area contributed by atoms with Crippen LogP contribution in [0.25, 0.3) is 0 Å². The molecule has 1 rings (SSSR count). The second-order valence-corrected chi connectivity index (χ2v) is 4.06. The maximum Gasteiger partial charge on any atom is 0.392 e. The molecule has 0 aliphatic rings. The van der Waals surface area contributed by atoms with Crippen molar-refractivity contribution in [3.8, 4) is 5.75 Å². The van der Waals surface area contributed by atoms with Crippen LogP contribution in [-0.2, 0) is 6.54 Å². The van der Waals surface area contributed by atoms with E-state index in [1.165, 1.54) is 0 Å². The van der Waals surface area contributed by atoms with E-state index >= 15 is 0 Å². The molecular weight excluding hydrogens is 243 g/mol. The first kappa shape index (κ1) is 14.8. The minimum atomic E-state index is -4.18. The van der Waals surface area contributed by atoms with Gasteiger partial charge in [0, 0.05) is 12.1 Å². The Balaban J connectivity index is 2.67. The van der Waals surface area contributed by atoms with Gasteiger partial charge in [0.1, 0.15) is 5.75 Å². The maximum atomic E-state index is 12.1. The molecule has 2 nitrogen and oxygen atoms in total. The molecule has 0 saturated heterocycles. The summed E-state index contributed by atoms with van der Waals surface area (Å²) >= 11 is 0. The third kappa shape index (κ3) is 4.96. The van der Waals surface area contributed by atoms with E-state index in [-0.39, 0.29) is 6.61 Å². The number of halogens is 3. The largest absolute Gasteiger partial charge is 0.493 e. The smallest absolute Gasteiger partial charge is 0.392 e. The molecule has 1 aromatic rings. The van der Waals surface area contributed by atoms with Gasteiger partial charge in [0.05, 0.1) is 13.0 Å². The Labute approximate surface area is 105 Å². The lowest BCUT2D eigenvalue weighted by molar-refractivity contribution is -0.139. The fraction of sp³-hybridized carbons (Fsp3) is 0.538. The Morgan fingerprint density at radius 2 is 2.00 bits per heavy atom. The highest BCUT2D eigenvalue weighted by Crippen LogP contribution is 2.25. The Kier molecular flexibility index (Phi) is 5.47. The fourth-order valence-electron chi connectivity index (χ4n) is 1.59. The number of rotatable bonds is 6. The van der Waals surface area contributed by atoms with Gasteiger partial charge in [-0.15, -0.1) is 0 Å². The zero-order valence-corrected chi connectivity index (χ0v) is 10.6. The van der Waals surface area contributed by atoms with E-state index in [1.807, 2.05) is 32.0 Å². The summed E-state index contributed by atoms with van der Waals surface area (Å²) in [5.74, 6) is 0.558. The van der Waals surface area contributed by atoms with E-state index in [4.69, 9.17) is 4.74 Å². The Hall–Kier alpha value is -1.23. The molecule has 0 amide bonds. The molecule has 0 radical (unpaired) electrons. The van der Waals surface area contributed by atoms with Gasteiger partial charge in [-0.05, 0) is 19.0 Å². The molecule has 18 heavy (non-hydrogen) atoms. The number of nitrogens with one attached hydrogen (secondary N) is 1. The van der Waals surface area contributed by atoms with Gasteiger partial charge in [-0.1, -0.05) is 25.1 Å². The number of benzene rings is 1. The van der Waals surface area contributed by atoms with Gasteiger partial charge in [-0.3, -0.25) is 0 Å². The van der Waals surface area contributed by atoms with Gasteiger partial charge in [0.15, 0.2) is 0 Å². The summed E-state index contributed by atoms with van der Waals surface area (Å²) in [5, 5.41) is 3.14. The SMILES string of the molecule is CCNCc1cccc(C)c1OCCC(F)(F)F. The number of aryl methyl sites for hydroxylation is 1. The highest BCUT2D eigenvalue weighted by molar-refractivity contribution is 5.40. The van der Waals surface area contributed by atoms with Gasteiger partial charge >= 0.3 is 6.18 Å². The summed E-state index contributed by atoms with van der Waals surface area (Å²) in [4.78, 5) is 0. The van der Waals surface area contributed by atoms with Gasteiger partial charge in [0.25, 0.3) is 0 Å². The molecule has 0 atom stereocenters. The predicted octanol–water partition coefficient (Wildman–Crippen LogP) is 3.44. The second kappa shape index (κ2) is 6.64. The first-order valence-corrected chi connectivity index (χ1v) is 5.93. The Morgan fingerprint density at radius 1 is 1.28 bits per heavy atom. The minimum Gasteiger partial charge on any atom is -0.493 e. The van der Waals surface area contributed by atoms with Crippen molar-refractivity contribution < 1.29 is 17.9 Å². The van der Waals surface area contributed by atoms with Crippen LogP contribution in [-0.4, -0.2) is 19.3 Å². The predicted molar refractivity (Wildman–Crippen MR) is 64.7 cm³/mol. The van der Waals surface area contributed by atoms with Crippen LogP contribution >= 0.6 is 0 Å². The first-order valence-electron chi connectivity index (χ1n) is 5.93. The fourth-order valence-corrected chi connectivity index (χ4v) is 1.59. The van der Waals surface area contributed by atoms with Crippen molar-refractivity contribution in [3.63, 3.8) is 0 Å². The molecule has 0 aromatic heterocycles. The second-order valence-electron chi connectivity index (χ2n) is 4.06. The Bertz CT molecular complexity index is 377. The summed E-state index contributed by atoms with van der Waals surface area (Å²) < 4.78 is 41.5. The third-order valence-corrected chi connectivity index (χ3v) is 2.49. The highest BCUT2D eigenvalue weighted by Gasteiger charge is 2.27. The van der Waals surface area contributed by atoms with Crippen molar-refractivity contribution in [2.24, 2.45) is 0 Å². The van der Waals surface area contributed by atoms with Crippen LogP contribution < -0.4 is 10.1 Å². The van der Waals surface area contributed by atoms with E-state index in [0.29, 0.717) is 12.3 Å². The van der Waals surface area contributed by atoms with Crippen molar-refractivity contribution >= 4 is 0 Å². The lowest BCUT2D eigenvalue weighted by Crippen LogP contribution is -2.16. The zero-order valence-electron chi connectivity index (χ0n) is 10.6. The van der Waals surface area contributed by atoms with Crippen molar-refractivity contribution in [2.75, 3.05) is 13.2 Å². The van der Waals surface area contributed by atoms with Gasteiger partial charge in [-0.25, -0.2) is 0 Å². The number of hydrogen-bond acceptors (Lipinski definition) is 2. The first-order chi connectivity index (χ1) is 8.44. The minimum absolute atomic E-state index is 0.340. The summed E-state index contributed by atoms with van der Waals surface area (Å²) in [6, 6.07) is 5.57. The molecule has 0 bridgehead atoms. The van der Waals surface area contributed by atoms with E-state index in [2.05, 4.69) is 5.32 Å². The summed E-state index contributed by atoms with van der Waals surface area (Å²) in [6.07, 6.45) is -5.10. The number of ether oxygens (including phenoxy) is 1. The molecule has 102 valence electrons. The van der Waals surface area contributed by atoms with Crippen molar-refractivity contribution in [1.82, 2.24) is 5.32 Å². The molecule has 0 fully saturated rings. The molecule has 0 spiro atoms. The molecule has 0 aliphatic carbocycles. The summed E-state index contributed by atoms with van der Waals surface area (Å²) in [7, 11) is 0. The molecule has 1 aromatic carbocycles. The van der Waals surface area contributed by atoms with Crippen molar-refractivity contribution in [1.29, 1.82) is 0 Å². The molecular formula is C13H18F3NO. The summed E-state index contributed by atoms with van der Waals surface area (Å²) in [6.45, 7) is 4.86. The lowest BCUT2D eigenvalue weighted by Gasteiger charge is -2.15. The normalized spacial score (nSPS) is 11.6. The van der Waals surface area contributed by atoms with Crippen molar-refractivity contribution in [2.45, 2.75) is 33.0 Å². The zero-order chi connectivity index (χ0) is 13.6. The van der Waals surface area contributed by atoms with Crippen LogP contribution in [0.5, 0.6) is 5.75 Å². The standard InChI is InChI=1S/C13H18F3NO/c1-3-17-9-11-6-4-5-10(2)12(11)18-8-7-13(14,15)16/h4-6,17H,3,7-9H2,1-2H3. The molecule has 0 heterocycles. The molecule has 0 unspecified atom stereocenters. The molecule has 5 heteroatoms. The molecule has 1 N–H and O–H groups in total. The lowest BCUT2D eigenvalue weighted by atomic mass is 10.1. The van der Waals surface area contributed by atoms with Crippen LogP contribution in [0.3, 0.4) is 0 Å². The summed E-state index contributed by atoms with van der Waals surface area (Å²) in [5.41, 5.74) is 1.74. The van der Waals surface area contributed by atoms with Crippen LogP contribution in [0, 0.1) is 6.92 Å². The van der Waals surface area contributed by atoms with E-state index in [0.717, 1.165) is 17.7 Å². The van der Waals surface area contributed by atoms with Crippen LogP contribution in [0.15, 0.2) is 18.2 Å². The van der Waals surface area contributed by atoms with E-state index in [1.54, 1.807) is 0 Å². The molecule has 0 saturated carbocycles. The highest BCUT2D eigenvalue weighted by atomic mass is 19.4. The van der Waals surface area contributed by atoms with Crippen molar-refractivity contribution in [3.05, 3.63) is 29.3 Å². The van der Waals surface area contributed by atoms with Crippen LogP contribution in [0.2, 0.25) is 0 Å². The van der Waals surface area contributed by atoms with Crippen LogP contribution in [0.1, 0.15) is 24.5 Å². The van der Waals surface area contributed by atoms with Crippen LogP contribution in [0.4, 0.5) is 13.2 Å². The van der Waals surface area contributed by atoms with Gasteiger partial charge < -0.3 is 10.1 Å². The average molecular weight is 261 g/mol. The maximum absolute atomic E-state index is 12.1. The monoisotopic (exact) mass is 261 g/mol. The van der Waals surface area contributed by atoms with E-state index in [9.17, 15) is 13.2 Å². The van der Waals surface area contributed by atoms with Gasteiger partial charge in [0.2, 0.25) is 0 Å². The topological polar surface area (TPSA) is 21.3 Å². The Morgan fingerprint density at radius 3 is 2.61 bits per heavy atom. The average Bonchev–Trinajstić information content (AvgIpc) is 2.27. The number of hydrogen-bond donors (Lipinski definition) is 1. The molecule has 0 aliphatic heterocycles. The van der Waals surface area contributed by atoms with Gasteiger partial charge in [-0.2, -0.15) is 13.2 Å². The number of para-hydroxylation sites is 1. The quantitative estimate of drug-likeness (QED) is 0.847. The van der Waals surface area contributed by atoms with E-state index < -0.39 is 12.6 Å².